The van der Waals surface area contributed by atoms with Crippen molar-refractivity contribution in [3.63, 3.8) is 0 Å². The van der Waals surface area contributed by atoms with Crippen LogP contribution < -0.4 is 4.72 Å². The lowest BCUT2D eigenvalue weighted by Gasteiger charge is -2.17. The summed E-state index contributed by atoms with van der Waals surface area (Å²) >= 11 is 0. The van der Waals surface area contributed by atoms with Gasteiger partial charge in [0.2, 0.25) is 10.0 Å². The van der Waals surface area contributed by atoms with Crippen molar-refractivity contribution >= 4 is 22.0 Å². The molecule has 0 aliphatic heterocycles. The van der Waals surface area contributed by atoms with Crippen molar-refractivity contribution in [2.75, 3.05) is 20.3 Å². The number of methoxy groups -OCH3 is 1. The minimum Gasteiger partial charge on any atom is -0.481 e. The second-order valence-corrected chi connectivity index (χ2v) is 5.82. The number of nitrogens with one attached hydrogen (secondary N) is 1. The van der Waals surface area contributed by atoms with Crippen LogP contribution in [0.25, 0.3) is 0 Å². The summed E-state index contributed by atoms with van der Waals surface area (Å²) < 4.78 is 35.0. The van der Waals surface area contributed by atoms with Crippen molar-refractivity contribution < 1.29 is 32.6 Å². The molecule has 0 saturated carbocycles. The Morgan fingerprint density at radius 1 is 1.37 bits per heavy atom. The van der Waals surface area contributed by atoms with E-state index in [4.69, 9.17) is 9.84 Å². The predicted molar refractivity (Wildman–Crippen MR) is 66.1 cm³/mol. The maximum atomic E-state index is 11.7. The fourth-order valence-electron chi connectivity index (χ4n) is 1.25. The van der Waals surface area contributed by atoms with Crippen LogP contribution in [-0.2, 0) is 29.1 Å². The third kappa shape index (κ3) is 6.50. The van der Waals surface area contributed by atoms with Gasteiger partial charge in [0, 0.05) is 13.2 Å². The van der Waals surface area contributed by atoms with Crippen LogP contribution in [0.2, 0.25) is 0 Å². The lowest BCUT2D eigenvalue weighted by molar-refractivity contribution is -0.141. The van der Waals surface area contributed by atoms with E-state index in [1.807, 2.05) is 0 Å². The first-order valence-corrected chi connectivity index (χ1v) is 7.18. The van der Waals surface area contributed by atoms with E-state index in [-0.39, 0.29) is 19.6 Å². The molecule has 2 N–H and O–H groups in total. The first-order valence-electron chi connectivity index (χ1n) is 5.64. The fraction of sp³-hybridized carbons (Fsp3) is 0.800. The van der Waals surface area contributed by atoms with E-state index in [2.05, 4.69) is 9.46 Å². The van der Waals surface area contributed by atoms with E-state index in [0.29, 0.717) is 0 Å². The number of carbonyl (C=O) groups is 2. The number of rotatable bonds is 9. The van der Waals surface area contributed by atoms with Crippen LogP contribution in [0.4, 0.5) is 0 Å². The molecule has 0 aromatic heterocycles. The molecule has 0 rings (SSSR count). The number of aliphatic carboxylic acids is 1. The summed E-state index contributed by atoms with van der Waals surface area (Å²) in [6, 6.07) is 0. The fourth-order valence-corrected chi connectivity index (χ4v) is 2.27. The lowest BCUT2D eigenvalue weighted by atomic mass is 10.2. The minimum absolute atomic E-state index is 0.218. The van der Waals surface area contributed by atoms with Crippen LogP contribution in [0.5, 0.6) is 0 Å². The molecule has 0 bridgehead atoms. The number of hydrogen-bond acceptors (Lipinski definition) is 6. The highest BCUT2D eigenvalue weighted by Gasteiger charge is 2.29. The highest BCUT2D eigenvalue weighted by molar-refractivity contribution is 7.90. The molecule has 0 amide bonds. The molecule has 0 spiro atoms. The highest BCUT2D eigenvalue weighted by Crippen LogP contribution is 2.03. The third-order valence-electron chi connectivity index (χ3n) is 2.32. The maximum absolute atomic E-state index is 11.7. The molecule has 0 saturated heterocycles. The average Bonchev–Trinajstić information content (AvgIpc) is 2.33. The average molecular weight is 297 g/mol. The van der Waals surface area contributed by atoms with Crippen molar-refractivity contribution in [1.29, 1.82) is 0 Å². The second-order valence-electron chi connectivity index (χ2n) is 3.73. The Labute approximate surface area is 112 Å². The normalized spacial score (nSPS) is 14.7. The quantitative estimate of drug-likeness (QED) is 0.542. The number of hydrogen-bond donors (Lipinski definition) is 2. The summed E-state index contributed by atoms with van der Waals surface area (Å²) in [5.41, 5.74) is 0. The molecule has 0 aromatic carbocycles. The zero-order chi connectivity index (χ0) is 15.1. The molecule has 8 nitrogen and oxygen atoms in total. The number of carboxylic acids is 1. The van der Waals surface area contributed by atoms with Gasteiger partial charge < -0.3 is 14.6 Å². The van der Waals surface area contributed by atoms with Gasteiger partial charge in [0.05, 0.1) is 19.6 Å². The summed E-state index contributed by atoms with van der Waals surface area (Å²) in [6.45, 7) is 2.89. The summed E-state index contributed by atoms with van der Waals surface area (Å²) in [5, 5.41) is 7.27. The van der Waals surface area contributed by atoms with Gasteiger partial charge in [-0.05, 0) is 13.8 Å². The van der Waals surface area contributed by atoms with Gasteiger partial charge in [0.15, 0.2) is 5.25 Å². The van der Waals surface area contributed by atoms with Gasteiger partial charge >= 0.3 is 11.9 Å². The number of carboxylic acid groups (broad SMARTS) is 1. The number of sulfonamides is 1. The molecule has 19 heavy (non-hydrogen) atoms. The predicted octanol–water partition coefficient (Wildman–Crippen LogP) is -0.653. The van der Waals surface area contributed by atoms with E-state index >= 15 is 0 Å². The Kier molecular flexibility index (Phi) is 7.57. The van der Waals surface area contributed by atoms with Gasteiger partial charge in [0.25, 0.3) is 0 Å². The minimum atomic E-state index is -3.92. The smallest absolute Gasteiger partial charge is 0.325 e. The third-order valence-corrected chi connectivity index (χ3v) is 4.01. The van der Waals surface area contributed by atoms with E-state index < -0.39 is 33.3 Å². The summed E-state index contributed by atoms with van der Waals surface area (Å²) in [7, 11) is -2.83. The SMILES string of the molecule is CCOC(CNS(=O)(=O)C(C)C(=O)OC)CC(=O)O. The molecule has 0 fully saturated rings. The monoisotopic (exact) mass is 297 g/mol. The molecule has 0 heterocycles. The molecule has 2 unspecified atom stereocenters. The first kappa shape index (κ1) is 17.8. The van der Waals surface area contributed by atoms with Crippen LogP contribution in [0.1, 0.15) is 20.3 Å². The summed E-state index contributed by atoms with van der Waals surface area (Å²) in [5.74, 6) is -1.99. The van der Waals surface area contributed by atoms with Gasteiger partial charge in [-0.25, -0.2) is 13.1 Å². The van der Waals surface area contributed by atoms with Gasteiger partial charge in [-0.1, -0.05) is 0 Å². The van der Waals surface area contributed by atoms with Crippen molar-refractivity contribution in [3.05, 3.63) is 0 Å². The van der Waals surface area contributed by atoms with Crippen LogP contribution in [0.3, 0.4) is 0 Å². The summed E-state index contributed by atoms with van der Waals surface area (Å²) in [6.07, 6.45) is -1.12. The number of carbonyl (C=O) groups excluding carboxylic acids is 1. The molecular formula is C10H19NO7S. The van der Waals surface area contributed by atoms with Gasteiger partial charge in [-0.3, -0.25) is 9.59 Å². The molecule has 0 radical (unpaired) electrons. The topological polar surface area (TPSA) is 119 Å². The van der Waals surface area contributed by atoms with E-state index in [1.54, 1.807) is 6.92 Å². The van der Waals surface area contributed by atoms with Gasteiger partial charge in [-0.15, -0.1) is 0 Å². The zero-order valence-corrected chi connectivity index (χ0v) is 11.9. The zero-order valence-electron chi connectivity index (χ0n) is 11.1. The Morgan fingerprint density at radius 3 is 2.37 bits per heavy atom. The standard InChI is InChI=1S/C10H19NO7S/c1-4-18-8(5-9(12)13)6-11-19(15,16)7(2)10(14)17-3/h7-8,11H,4-6H2,1-3H3,(H,12,13). The number of esters is 1. The second kappa shape index (κ2) is 8.08. The Balaban J connectivity index is 4.56. The van der Waals surface area contributed by atoms with E-state index in [0.717, 1.165) is 7.11 Å². The Hall–Kier alpha value is -1.19. The molecule has 0 aliphatic rings. The van der Waals surface area contributed by atoms with Gasteiger partial charge in [-0.2, -0.15) is 0 Å². The van der Waals surface area contributed by atoms with E-state index in [1.165, 1.54) is 6.92 Å². The molecule has 2 atom stereocenters. The van der Waals surface area contributed by atoms with Crippen molar-refractivity contribution in [3.8, 4) is 0 Å². The Morgan fingerprint density at radius 2 is 1.95 bits per heavy atom. The van der Waals surface area contributed by atoms with Crippen molar-refractivity contribution in [1.82, 2.24) is 4.72 Å². The van der Waals surface area contributed by atoms with Crippen molar-refractivity contribution in [2.24, 2.45) is 0 Å². The van der Waals surface area contributed by atoms with Crippen molar-refractivity contribution in [2.45, 2.75) is 31.6 Å². The molecule has 0 aromatic rings. The van der Waals surface area contributed by atoms with E-state index in [9.17, 15) is 18.0 Å². The lowest BCUT2D eigenvalue weighted by Crippen LogP contribution is -2.42. The van der Waals surface area contributed by atoms with Crippen LogP contribution in [0.15, 0.2) is 0 Å². The molecule has 9 heteroatoms. The Bertz CT molecular complexity index is 406. The maximum Gasteiger partial charge on any atom is 0.325 e. The summed E-state index contributed by atoms with van der Waals surface area (Å²) in [4.78, 5) is 21.7. The van der Waals surface area contributed by atoms with Crippen LogP contribution in [0, 0.1) is 0 Å². The van der Waals surface area contributed by atoms with Crippen LogP contribution in [-0.4, -0.2) is 57.1 Å². The first-order chi connectivity index (χ1) is 8.74. The molecular weight excluding hydrogens is 278 g/mol. The largest absolute Gasteiger partial charge is 0.481 e. The number of ether oxygens (including phenoxy) is 2. The molecule has 0 aliphatic carbocycles. The molecule has 112 valence electrons. The van der Waals surface area contributed by atoms with Gasteiger partial charge in [0.1, 0.15) is 0 Å². The highest BCUT2D eigenvalue weighted by atomic mass is 32.2. The van der Waals surface area contributed by atoms with Crippen LogP contribution >= 0.6 is 0 Å².